The van der Waals surface area contributed by atoms with Gasteiger partial charge in [0.1, 0.15) is 0 Å². The number of sulfone groups is 1. The Labute approximate surface area is 82.4 Å². The van der Waals surface area contributed by atoms with Crippen LogP contribution in [0.4, 0.5) is 0 Å². The molecule has 0 radical (unpaired) electrons. The van der Waals surface area contributed by atoms with Crippen LogP contribution in [0.15, 0.2) is 0 Å². The van der Waals surface area contributed by atoms with Crippen LogP contribution in [-0.2, 0) is 14.6 Å². The van der Waals surface area contributed by atoms with E-state index in [9.17, 15) is 13.2 Å². The number of carbonyl (C=O) groups is 1. The maximum atomic E-state index is 11.7. The summed E-state index contributed by atoms with van der Waals surface area (Å²) in [5, 5.41) is 11.3. The standard InChI is InChI=1S/C8H13NO4S/c10-7(11)8-2-1-3-14(12,13)6(8)4-9-5-8/h6,9H,1-5H2,(H,10,11). The predicted octanol–water partition coefficient (Wildman–Crippen LogP) is -0.762. The lowest BCUT2D eigenvalue weighted by Crippen LogP contribution is -2.49. The van der Waals surface area contributed by atoms with E-state index < -0.39 is 26.5 Å². The summed E-state index contributed by atoms with van der Waals surface area (Å²) >= 11 is 0. The Balaban J connectivity index is 2.45. The van der Waals surface area contributed by atoms with Gasteiger partial charge in [0.15, 0.2) is 9.84 Å². The molecule has 2 rings (SSSR count). The van der Waals surface area contributed by atoms with E-state index in [2.05, 4.69) is 5.32 Å². The molecule has 2 unspecified atom stereocenters. The van der Waals surface area contributed by atoms with Gasteiger partial charge in [0, 0.05) is 13.1 Å². The van der Waals surface area contributed by atoms with E-state index in [-0.39, 0.29) is 18.8 Å². The summed E-state index contributed by atoms with van der Waals surface area (Å²) < 4.78 is 23.3. The van der Waals surface area contributed by atoms with Crippen molar-refractivity contribution >= 4 is 15.8 Å². The van der Waals surface area contributed by atoms with E-state index in [1.165, 1.54) is 0 Å². The van der Waals surface area contributed by atoms with E-state index in [1.54, 1.807) is 0 Å². The molecular weight excluding hydrogens is 206 g/mol. The largest absolute Gasteiger partial charge is 0.481 e. The van der Waals surface area contributed by atoms with Crippen LogP contribution in [0, 0.1) is 5.41 Å². The van der Waals surface area contributed by atoms with E-state index >= 15 is 0 Å². The average molecular weight is 219 g/mol. The highest BCUT2D eigenvalue weighted by molar-refractivity contribution is 7.92. The molecule has 5 nitrogen and oxygen atoms in total. The van der Waals surface area contributed by atoms with Crippen molar-refractivity contribution in [1.82, 2.24) is 5.32 Å². The molecule has 6 heteroatoms. The van der Waals surface area contributed by atoms with Gasteiger partial charge in [0.05, 0.1) is 16.4 Å². The predicted molar refractivity (Wildman–Crippen MR) is 49.7 cm³/mol. The van der Waals surface area contributed by atoms with Crippen molar-refractivity contribution < 1.29 is 18.3 Å². The van der Waals surface area contributed by atoms with Crippen molar-refractivity contribution in [2.45, 2.75) is 18.1 Å². The molecule has 0 saturated carbocycles. The lowest BCUT2D eigenvalue weighted by molar-refractivity contribution is -0.148. The SMILES string of the molecule is O=C(O)C12CCCS(=O)(=O)C1CNC2. The molecule has 0 aliphatic carbocycles. The first-order chi connectivity index (χ1) is 6.49. The zero-order valence-electron chi connectivity index (χ0n) is 7.69. The molecule has 0 aromatic carbocycles. The molecule has 14 heavy (non-hydrogen) atoms. The number of fused-ring (bicyclic) bond motifs is 1. The molecule has 2 aliphatic heterocycles. The van der Waals surface area contributed by atoms with Crippen molar-refractivity contribution in [3.8, 4) is 0 Å². The molecule has 2 aliphatic rings. The molecule has 0 aromatic heterocycles. The summed E-state index contributed by atoms with van der Waals surface area (Å²) in [5.41, 5.74) is -1.06. The summed E-state index contributed by atoms with van der Waals surface area (Å²) in [6, 6.07) is 0. The fourth-order valence-corrected chi connectivity index (χ4v) is 4.70. The summed E-state index contributed by atoms with van der Waals surface area (Å²) in [6.07, 6.45) is 0.937. The highest BCUT2D eigenvalue weighted by Crippen LogP contribution is 2.40. The van der Waals surface area contributed by atoms with E-state index in [0.29, 0.717) is 12.8 Å². The molecule has 80 valence electrons. The van der Waals surface area contributed by atoms with E-state index in [1.807, 2.05) is 0 Å². The quantitative estimate of drug-likeness (QED) is 0.605. The van der Waals surface area contributed by atoms with Gasteiger partial charge in [-0.2, -0.15) is 0 Å². The lowest BCUT2D eigenvalue weighted by atomic mass is 9.82. The van der Waals surface area contributed by atoms with Crippen molar-refractivity contribution in [1.29, 1.82) is 0 Å². The van der Waals surface area contributed by atoms with E-state index in [4.69, 9.17) is 5.11 Å². The van der Waals surface area contributed by atoms with Gasteiger partial charge < -0.3 is 10.4 Å². The van der Waals surface area contributed by atoms with Crippen molar-refractivity contribution in [3.05, 3.63) is 0 Å². The number of hydrogen-bond donors (Lipinski definition) is 2. The van der Waals surface area contributed by atoms with Crippen LogP contribution in [0.1, 0.15) is 12.8 Å². The van der Waals surface area contributed by atoms with E-state index in [0.717, 1.165) is 0 Å². The van der Waals surface area contributed by atoms with Gasteiger partial charge in [-0.25, -0.2) is 8.42 Å². The first-order valence-corrected chi connectivity index (χ1v) is 6.36. The Morgan fingerprint density at radius 2 is 2.21 bits per heavy atom. The Hall–Kier alpha value is -0.620. The molecule has 0 aromatic rings. The molecule has 0 amide bonds. The number of carboxylic acid groups (broad SMARTS) is 1. The Morgan fingerprint density at radius 3 is 2.79 bits per heavy atom. The van der Waals surface area contributed by atoms with Crippen LogP contribution in [0.2, 0.25) is 0 Å². The Morgan fingerprint density at radius 1 is 1.50 bits per heavy atom. The van der Waals surface area contributed by atoms with Gasteiger partial charge in [-0.1, -0.05) is 0 Å². The average Bonchev–Trinajstić information content (AvgIpc) is 2.49. The summed E-state index contributed by atoms with van der Waals surface area (Å²) in [7, 11) is -3.21. The normalized spacial score (nSPS) is 40.4. The molecule has 2 N–H and O–H groups in total. The van der Waals surface area contributed by atoms with Crippen LogP contribution in [0.3, 0.4) is 0 Å². The minimum absolute atomic E-state index is 0.133. The van der Waals surface area contributed by atoms with Gasteiger partial charge in [-0.3, -0.25) is 4.79 Å². The molecule has 0 spiro atoms. The summed E-state index contributed by atoms with van der Waals surface area (Å²) in [6.45, 7) is 0.570. The zero-order chi connectivity index (χ0) is 10.4. The lowest BCUT2D eigenvalue weighted by Gasteiger charge is -2.33. The monoisotopic (exact) mass is 219 g/mol. The molecule has 2 fully saturated rings. The van der Waals surface area contributed by atoms with Crippen molar-refractivity contribution in [3.63, 3.8) is 0 Å². The van der Waals surface area contributed by atoms with Crippen molar-refractivity contribution in [2.75, 3.05) is 18.8 Å². The summed E-state index contributed by atoms with van der Waals surface area (Å²) in [4.78, 5) is 11.1. The van der Waals surface area contributed by atoms with Crippen LogP contribution in [-0.4, -0.2) is 43.6 Å². The molecule has 2 atom stereocenters. The number of rotatable bonds is 1. The van der Waals surface area contributed by atoms with Gasteiger partial charge in [0.25, 0.3) is 0 Å². The Kier molecular flexibility index (Phi) is 2.08. The highest BCUT2D eigenvalue weighted by Gasteiger charge is 2.56. The van der Waals surface area contributed by atoms with Gasteiger partial charge in [0.2, 0.25) is 0 Å². The van der Waals surface area contributed by atoms with Gasteiger partial charge in [-0.15, -0.1) is 0 Å². The fraction of sp³-hybridized carbons (Fsp3) is 0.875. The topological polar surface area (TPSA) is 83.5 Å². The van der Waals surface area contributed by atoms with Gasteiger partial charge >= 0.3 is 5.97 Å². The number of hydrogen-bond acceptors (Lipinski definition) is 4. The molecule has 2 heterocycles. The molecule has 2 saturated heterocycles. The second-order valence-electron chi connectivity index (χ2n) is 4.05. The van der Waals surface area contributed by atoms with Gasteiger partial charge in [-0.05, 0) is 12.8 Å². The maximum absolute atomic E-state index is 11.7. The first kappa shape index (κ1) is 9.92. The smallest absolute Gasteiger partial charge is 0.312 e. The third-order valence-electron chi connectivity index (χ3n) is 3.30. The number of aliphatic carboxylic acids is 1. The second-order valence-corrected chi connectivity index (χ2v) is 6.35. The maximum Gasteiger partial charge on any atom is 0.312 e. The second kappa shape index (κ2) is 2.93. The zero-order valence-corrected chi connectivity index (χ0v) is 8.51. The fourth-order valence-electron chi connectivity index (χ4n) is 2.51. The first-order valence-electron chi connectivity index (χ1n) is 4.65. The Bertz CT molecular complexity index is 364. The third-order valence-corrected chi connectivity index (χ3v) is 5.64. The highest BCUT2D eigenvalue weighted by atomic mass is 32.2. The third kappa shape index (κ3) is 1.17. The molecular formula is C8H13NO4S. The minimum atomic E-state index is -3.21. The van der Waals surface area contributed by atoms with Crippen molar-refractivity contribution in [2.24, 2.45) is 5.41 Å². The number of carboxylic acids is 1. The number of nitrogens with one attached hydrogen (secondary N) is 1. The summed E-state index contributed by atoms with van der Waals surface area (Å²) in [5.74, 6) is -0.843. The molecule has 0 bridgehead atoms. The van der Waals surface area contributed by atoms with Crippen LogP contribution in [0.25, 0.3) is 0 Å². The minimum Gasteiger partial charge on any atom is -0.481 e. The van der Waals surface area contributed by atoms with Crippen LogP contribution >= 0.6 is 0 Å². The van der Waals surface area contributed by atoms with Crippen LogP contribution in [0.5, 0.6) is 0 Å². The van der Waals surface area contributed by atoms with Crippen LogP contribution < -0.4 is 5.32 Å².